The maximum absolute atomic E-state index is 12.0. The third-order valence-corrected chi connectivity index (χ3v) is 3.80. The van der Waals surface area contributed by atoms with Gasteiger partial charge >= 0.3 is 0 Å². The highest BCUT2D eigenvalue weighted by Gasteiger charge is 2.09. The van der Waals surface area contributed by atoms with Gasteiger partial charge < -0.3 is 5.32 Å². The molecule has 1 N–H and O–H groups in total. The number of anilines is 1. The van der Waals surface area contributed by atoms with E-state index in [0.29, 0.717) is 12.2 Å². The molecular formula is C18H20N4O. The molecule has 0 aliphatic carbocycles. The van der Waals surface area contributed by atoms with Gasteiger partial charge in [-0.25, -0.2) is 9.97 Å². The van der Waals surface area contributed by atoms with Gasteiger partial charge in [-0.1, -0.05) is 25.5 Å². The van der Waals surface area contributed by atoms with Gasteiger partial charge in [0.15, 0.2) is 0 Å². The maximum atomic E-state index is 12.0. The molecule has 2 heterocycles. The molecule has 3 rings (SSSR count). The number of fused-ring (bicyclic) bond motifs is 1. The molecule has 0 spiro atoms. The van der Waals surface area contributed by atoms with Crippen LogP contribution in [0.5, 0.6) is 0 Å². The lowest BCUT2D eigenvalue weighted by Gasteiger charge is -2.09. The summed E-state index contributed by atoms with van der Waals surface area (Å²) in [5, 5.41) is 3.00. The fraction of sp³-hybridized carbons (Fsp3) is 0.278. The van der Waals surface area contributed by atoms with Crippen LogP contribution in [0.15, 0.2) is 42.9 Å². The lowest BCUT2D eigenvalue weighted by atomic mass is 10.1. The number of nitrogens with zero attached hydrogens (tertiary/aromatic N) is 3. The Morgan fingerprint density at radius 2 is 2.22 bits per heavy atom. The number of rotatable bonds is 5. The van der Waals surface area contributed by atoms with Gasteiger partial charge in [0.25, 0.3) is 0 Å². The van der Waals surface area contributed by atoms with E-state index in [0.717, 1.165) is 35.3 Å². The van der Waals surface area contributed by atoms with E-state index in [1.165, 1.54) is 0 Å². The van der Waals surface area contributed by atoms with Gasteiger partial charge in [-0.3, -0.25) is 9.20 Å². The fourth-order valence-corrected chi connectivity index (χ4v) is 2.44. The summed E-state index contributed by atoms with van der Waals surface area (Å²) in [6.07, 6.45) is 8.05. The highest BCUT2D eigenvalue weighted by molar-refractivity contribution is 5.92. The molecule has 0 unspecified atom stereocenters. The molecule has 0 aliphatic heterocycles. The summed E-state index contributed by atoms with van der Waals surface area (Å²) >= 11 is 0. The Labute approximate surface area is 135 Å². The molecule has 0 bridgehead atoms. The predicted molar refractivity (Wildman–Crippen MR) is 91.3 cm³/mol. The van der Waals surface area contributed by atoms with Crippen LogP contribution in [-0.4, -0.2) is 20.3 Å². The van der Waals surface area contributed by atoms with Gasteiger partial charge in [0.1, 0.15) is 0 Å². The maximum Gasteiger partial charge on any atom is 0.234 e. The zero-order valence-electron chi connectivity index (χ0n) is 13.4. The van der Waals surface area contributed by atoms with Crippen LogP contribution in [0.3, 0.4) is 0 Å². The molecule has 1 aromatic carbocycles. The van der Waals surface area contributed by atoms with Crippen LogP contribution in [0, 0.1) is 6.92 Å². The molecule has 5 nitrogen and oxygen atoms in total. The van der Waals surface area contributed by atoms with Gasteiger partial charge in [0, 0.05) is 36.3 Å². The van der Waals surface area contributed by atoms with Crippen molar-refractivity contribution in [2.75, 3.05) is 5.32 Å². The number of aryl methyl sites for hydroxylation is 1. The summed E-state index contributed by atoms with van der Waals surface area (Å²) in [7, 11) is 0. The Balaban J connectivity index is 1.88. The third-order valence-electron chi connectivity index (χ3n) is 3.80. The van der Waals surface area contributed by atoms with Crippen LogP contribution < -0.4 is 5.32 Å². The van der Waals surface area contributed by atoms with E-state index in [1.54, 1.807) is 6.20 Å². The van der Waals surface area contributed by atoms with Crippen molar-refractivity contribution in [2.45, 2.75) is 33.1 Å². The van der Waals surface area contributed by atoms with Crippen molar-refractivity contribution in [1.29, 1.82) is 0 Å². The van der Waals surface area contributed by atoms with E-state index >= 15 is 0 Å². The number of hydrogen-bond acceptors (Lipinski definition) is 3. The fourth-order valence-electron chi connectivity index (χ4n) is 2.44. The lowest BCUT2D eigenvalue weighted by molar-refractivity contribution is -0.116. The van der Waals surface area contributed by atoms with E-state index in [1.807, 2.05) is 48.0 Å². The van der Waals surface area contributed by atoms with Crippen LogP contribution in [-0.2, 0) is 4.79 Å². The topological polar surface area (TPSA) is 59.3 Å². The molecule has 0 atom stereocenters. The third kappa shape index (κ3) is 3.39. The SMILES string of the molecule is CCCCC(=O)Nc1cc(-c2cn3cccnc3n2)ccc1C. The Morgan fingerprint density at radius 3 is 3.00 bits per heavy atom. The van der Waals surface area contributed by atoms with Crippen molar-refractivity contribution in [1.82, 2.24) is 14.4 Å². The lowest BCUT2D eigenvalue weighted by Crippen LogP contribution is -2.12. The van der Waals surface area contributed by atoms with E-state index < -0.39 is 0 Å². The van der Waals surface area contributed by atoms with Gasteiger partial charge in [0.2, 0.25) is 11.7 Å². The molecular weight excluding hydrogens is 288 g/mol. The first-order chi connectivity index (χ1) is 11.2. The second-order valence-corrected chi connectivity index (χ2v) is 5.63. The minimum absolute atomic E-state index is 0.0590. The average molecular weight is 308 g/mol. The van der Waals surface area contributed by atoms with Crippen molar-refractivity contribution in [3.63, 3.8) is 0 Å². The minimum Gasteiger partial charge on any atom is -0.326 e. The summed E-state index contributed by atoms with van der Waals surface area (Å²) in [6.45, 7) is 4.07. The van der Waals surface area contributed by atoms with Crippen LogP contribution in [0.4, 0.5) is 5.69 Å². The second-order valence-electron chi connectivity index (χ2n) is 5.63. The van der Waals surface area contributed by atoms with Crippen LogP contribution in [0.1, 0.15) is 31.7 Å². The molecule has 23 heavy (non-hydrogen) atoms. The molecule has 118 valence electrons. The van der Waals surface area contributed by atoms with E-state index in [4.69, 9.17) is 0 Å². The summed E-state index contributed by atoms with van der Waals surface area (Å²) < 4.78 is 1.88. The summed E-state index contributed by atoms with van der Waals surface area (Å²) in [5.74, 6) is 0.723. The Morgan fingerprint density at radius 1 is 1.35 bits per heavy atom. The first-order valence-electron chi connectivity index (χ1n) is 7.88. The highest BCUT2D eigenvalue weighted by atomic mass is 16.1. The van der Waals surface area contributed by atoms with E-state index in [9.17, 15) is 4.79 Å². The highest BCUT2D eigenvalue weighted by Crippen LogP contribution is 2.25. The normalized spacial score (nSPS) is 10.9. The molecule has 0 fully saturated rings. The first-order valence-corrected chi connectivity index (χ1v) is 7.88. The van der Waals surface area contributed by atoms with Gasteiger partial charge in [0.05, 0.1) is 5.69 Å². The monoisotopic (exact) mass is 308 g/mol. The van der Waals surface area contributed by atoms with Crippen molar-refractivity contribution in [3.8, 4) is 11.3 Å². The van der Waals surface area contributed by atoms with Crippen LogP contribution >= 0.6 is 0 Å². The van der Waals surface area contributed by atoms with Crippen molar-refractivity contribution >= 4 is 17.4 Å². The number of carbonyl (C=O) groups is 1. The summed E-state index contributed by atoms with van der Waals surface area (Å²) in [6, 6.07) is 7.86. The van der Waals surface area contributed by atoms with Crippen molar-refractivity contribution in [2.24, 2.45) is 0 Å². The Bertz CT molecular complexity index is 805. The number of hydrogen-bond donors (Lipinski definition) is 1. The minimum atomic E-state index is 0.0590. The first kappa shape index (κ1) is 15.2. The average Bonchev–Trinajstić information content (AvgIpc) is 2.99. The largest absolute Gasteiger partial charge is 0.326 e. The standard InChI is InChI=1S/C18H20N4O/c1-3-4-6-17(23)20-15-11-14(8-7-13(15)2)16-12-22-10-5-9-19-18(22)21-16/h5,7-12H,3-4,6H2,1-2H3,(H,20,23). The molecule has 2 aromatic heterocycles. The van der Waals surface area contributed by atoms with E-state index in [-0.39, 0.29) is 5.91 Å². The Hall–Kier alpha value is -2.69. The molecule has 0 saturated heterocycles. The number of carbonyl (C=O) groups excluding carboxylic acids is 1. The molecule has 3 aromatic rings. The van der Waals surface area contributed by atoms with Crippen molar-refractivity contribution in [3.05, 3.63) is 48.4 Å². The predicted octanol–water partition coefficient (Wildman–Crippen LogP) is 3.83. The second kappa shape index (κ2) is 6.60. The summed E-state index contributed by atoms with van der Waals surface area (Å²) in [5.41, 5.74) is 3.69. The zero-order chi connectivity index (χ0) is 16.2. The zero-order valence-corrected chi connectivity index (χ0v) is 13.4. The van der Waals surface area contributed by atoms with Gasteiger partial charge in [-0.2, -0.15) is 0 Å². The number of benzene rings is 1. The number of unbranched alkanes of at least 4 members (excludes halogenated alkanes) is 1. The van der Waals surface area contributed by atoms with Crippen LogP contribution in [0.25, 0.3) is 17.0 Å². The van der Waals surface area contributed by atoms with Crippen LogP contribution in [0.2, 0.25) is 0 Å². The van der Waals surface area contributed by atoms with Crippen molar-refractivity contribution < 1.29 is 4.79 Å². The van der Waals surface area contributed by atoms with E-state index in [2.05, 4.69) is 22.2 Å². The molecule has 5 heteroatoms. The van der Waals surface area contributed by atoms with Gasteiger partial charge in [-0.15, -0.1) is 0 Å². The molecule has 0 saturated carbocycles. The summed E-state index contributed by atoms with van der Waals surface area (Å²) in [4.78, 5) is 20.7. The smallest absolute Gasteiger partial charge is 0.234 e. The number of nitrogens with one attached hydrogen (secondary N) is 1. The molecule has 0 radical (unpaired) electrons. The molecule has 1 amide bonds. The van der Waals surface area contributed by atoms with Gasteiger partial charge in [-0.05, 0) is 31.0 Å². The quantitative estimate of drug-likeness (QED) is 0.779. The number of aromatic nitrogens is 3. The Kier molecular flexibility index (Phi) is 4.37. The number of imidazole rings is 1. The molecule has 0 aliphatic rings. The number of amides is 1.